The first-order valence-electron chi connectivity index (χ1n) is 4.62. The molecule has 0 atom stereocenters. The van der Waals surface area contributed by atoms with Crippen molar-refractivity contribution in [2.75, 3.05) is 13.1 Å². The lowest BCUT2D eigenvalue weighted by Crippen LogP contribution is -2.55. The average molecular weight is 192 g/mol. The van der Waals surface area contributed by atoms with Gasteiger partial charge in [-0.15, -0.1) is 0 Å². The van der Waals surface area contributed by atoms with E-state index in [9.17, 15) is 4.79 Å². The fourth-order valence-electron chi connectivity index (χ4n) is 1.56. The van der Waals surface area contributed by atoms with Crippen molar-refractivity contribution in [2.45, 2.75) is 6.92 Å². The number of allylic oxidation sites excluding steroid dienone is 3. The van der Waals surface area contributed by atoms with Crippen molar-refractivity contribution < 1.29 is 4.79 Å². The van der Waals surface area contributed by atoms with Crippen LogP contribution in [0.5, 0.6) is 0 Å². The number of aldehydes is 1. The van der Waals surface area contributed by atoms with Gasteiger partial charge in [-0.25, -0.2) is 0 Å². The first-order chi connectivity index (χ1) is 6.70. The van der Waals surface area contributed by atoms with Gasteiger partial charge >= 0.3 is 0 Å². The lowest BCUT2D eigenvalue weighted by Gasteiger charge is -2.39. The van der Waals surface area contributed by atoms with Gasteiger partial charge in [-0.3, -0.25) is 0 Å². The quantitative estimate of drug-likeness (QED) is 0.510. The second-order valence-corrected chi connectivity index (χ2v) is 3.45. The Morgan fingerprint density at radius 2 is 2.21 bits per heavy atom. The summed E-state index contributed by atoms with van der Waals surface area (Å²) < 4.78 is 0. The summed E-state index contributed by atoms with van der Waals surface area (Å²) >= 11 is 0. The molecule has 0 aliphatic carbocycles. The van der Waals surface area contributed by atoms with Crippen LogP contribution in [0.15, 0.2) is 36.1 Å². The third kappa shape index (κ3) is 1.63. The molecule has 1 aliphatic rings. The van der Waals surface area contributed by atoms with Gasteiger partial charge in [-0.2, -0.15) is 0 Å². The van der Waals surface area contributed by atoms with Crippen LogP contribution < -0.4 is 11.1 Å². The summed E-state index contributed by atoms with van der Waals surface area (Å²) in [6.07, 6.45) is 6.32. The maximum Gasteiger partial charge on any atom is 0.133 e. The Kier molecular flexibility index (Phi) is 3.25. The largest absolute Gasteiger partial charge is 0.398 e. The van der Waals surface area contributed by atoms with Gasteiger partial charge in [0.1, 0.15) is 6.29 Å². The molecule has 0 aromatic rings. The first kappa shape index (κ1) is 10.7. The van der Waals surface area contributed by atoms with Gasteiger partial charge in [0.2, 0.25) is 0 Å². The molecule has 0 bridgehead atoms. The normalized spacial score (nSPS) is 21.2. The lowest BCUT2D eigenvalue weighted by atomic mass is 9.75. The lowest BCUT2D eigenvalue weighted by molar-refractivity contribution is -0.116. The third-order valence-electron chi connectivity index (χ3n) is 2.51. The molecular weight excluding hydrogens is 176 g/mol. The van der Waals surface area contributed by atoms with E-state index in [1.807, 2.05) is 19.1 Å². The molecule has 0 radical (unpaired) electrons. The molecule has 1 fully saturated rings. The van der Waals surface area contributed by atoms with Gasteiger partial charge in [0.25, 0.3) is 0 Å². The predicted octanol–water partition coefficient (Wildman–Crippen LogP) is 0.750. The highest BCUT2D eigenvalue weighted by atomic mass is 16.1. The van der Waals surface area contributed by atoms with Crippen LogP contribution in [0.3, 0.4) is 0 Å². The van der Waals surface area contributed by atoms with E-state index in [1.165, 1.54) is 0 Å². The predicted molar refractivity (Wildman–Crippen MR) is 57.6 cm³/mol. The monoisotopic (exact) mass is 192 g/mol. The second-order valence-electron chi connectivity index (χ2n) is 3.45. The molecule has 1 saturated heterocycles. The van der Waals surface area contributed by atoms with Crippen molar-refractivity contribution in [3.63, 3.8) is 0 Å². The van der Waals surface area contributed by atoms with Crippen molar-refractivity contribution in [1.82, 2.24) is 5.32 Å². The molecule has 3 heteroatoms. The van der Waals surface area contributed by atoms with Crippen LogP contribution in [0.1, 0.15) is 6.92 Å². The molecular formula is C11H16N2O. The van der Waals surface area contributed by atoms with Gasteiger partial charge in [0, 0.05) is 18.8 Å². The van der Waals surface area contributed by atoms with Crippen LogP contribution in [-0.2, 0) is 4.79 Å². The van der Waals surface area contributed by atoms with Crippen LogP contribution in [0.25, 0.3) is 0 Å². The van der Waals surface area contributed by atoms with E-state index < -0.39 is 5.41 Å². The van der Waals surface area contributed by atoms with Crippen LogP contribution in [0.4, 0.5) is 0 Å². The maximum absolute atomic E-state index is 11.0. The molecule has 3 N–H and O–H groups in total. The van der Waals surface area contributed by atoms with E-state index in [4.69, 9.17) is 5.73 Å². The molecule has 76 valence electrons. The zero-order chi connectivity index (χ0) is 10.6. The van der Waals surface area contributed by atoms with Gasteiger partial charge in [0.15, 0.2) is 0 Å². The van der Waals surface area contributed by atoms with Crippen molar-refractivity contribution in [3.05, 3.63) is 36.1 Å². The number of carbonyl (C=O) groups excluding carboxylic acids is 1. The molecule has 0 aromatic heterocycles. The molecule has 14 heavy (non-hydrogen) atoms. The Morgan fingerprint density at radius 1 is 1.57 bits per heavy atom. The first-order valence-corrected chi connectivity index (χ1v) is 4.62. The second kappa shape index (κ2) is 4.24. The summed E-state index contributed by atoms with van der Waals surface area (Å²) in [6.45, 7) is 6.84. The Labute approximate surface area is 84.4 Å². The molecule has 1 rings (SSSR count). The van der Waals surface area contributed by atoms with E-state index >= 15 is 0 Å². The smallest absolute Gasteiger partial charge is 0.133 e. The summed E-state index contributed by atoms with van der Waals surface area (Å²) in [6, 6.07) is 0. The van der Waals surface area contributed by atoms with E-state index in [0.717, 1.165) is 11.9 Å². The number of nitrogens with two attached hydrogens (primary N) is 1. The van der Waals surface area contributed by atoms with Gasteiger partial charge in [-0.1, -0.05) is 18.7 Å². The summed E-state index contributed by atoms with van der Waals surface area (Å²) in [5.41, 5.74) is 6.80. The molecule has 0 amide bonds. The van der Waals surface area contributed by atoms with E-state index in [-0.39, 0.29) is 0 Å². The number of rotatable bonds is 4. The number of hydrogen-bond donors (Lipinski definition) is 2. The Bertz CT molecular complexity index is 298. The van der Waals surface area contributed by atoms with Crippen molar-refractivity contribution in [2.24, 2.45) is 11.1 Å². The zero-order valence-corrected chi connectivity index (χ0v) is 8.42. The van der Waals surface area contributed by atoms with Gasteiger partial charge in [0.05, 0.1) is 5.41 Å². The SMILES string of the molecule is C=C/C(N)=C(\C=C/C)C1(C=O)CNC1. The number of nitrogens with one attached hydrogen (secondary N) is 1. The Hall–Kier alpha value is -1.35. The van der Waals surface area contributed by atoms with E-state index in [1.54, 1.807) is 6.08 Å². The number of hydrogen-bond acceptors (Lipinski definition) is 3. The average Bonchev–Trinajstić information content (AvgIpc) is 2.14. The summed E-state index contributed by atoms with van der Waals surface area (Å²) in [5.74, 6) is 0. The van der Waals surface area contributed by atoms with Crippen LogP contribution in [-0.4, -0.2) is 19.4 Å². The number of carbonyl (C=O) groups is 1. The minimum atomic E-state index is -0.440. The molecule has 0 spiro atoms. The summed E-state index contributed by atoms with van der Waals surface area (Å²) in [5, 5.41) is 3.08. The van der Waals surface area contributed by atoms with Crippen molar-refractivity contribution in [1.29, 1.82) is 0 Å². The fraction of sp³-hybridized carbons (Fsp3) is 0.364. The Balaban J connectivity index is 3.10. The van der Waals surface area contributed by atoms with Crippen LogP contribution in [0, 0.1) is 5.41 Å². The molecule has 1 aliphatic heterocycles. The maximum atomic E-state index is 11.0. The van der Waals surface area contributed by atoms with Crippen molar-refractivity contribution >= 4 is 6.29 Å². The molecule has 0 aromatic carbocycles. The minimum absolute atomic E-state index is 0.440. The van der Waals surface area contributed by atoms with Crippen LogP contribution >= 0.6 is 0 Å². The standard InChI is InChI=1S/C11H16N2O/c1-3-5-9(10(12)4-2)11(8-14)6-13-7-11/h3-5,8,13H,2,6-7,12H2,1H3/b5-3-,10-9-. The van der Waals surface area contributed by atoms with Gasteiger partial charge < -0.3 is 15.8 Å². The summed E-state index contributed by atoms with van der Waals surface area (Å²) in [7, 11) is 0. The highest BCUT2D eigenvalue weighted by Crippen LogP contribution is 2.31. The fourth-order valence-corrected chi connectivity index (χ4v) is 1.56. The van der Waals surface area contributed by atoms with Gasteiger partial charge in [-0.05, 0) is 18.6 Å². The zero-order valence-electron chi connectivity index (χ0n) is 8.42. The minimum Gasteiger partial charge on any atom is -0.398 e. The topological polar surface area (TPSA) is 55.1 Å². The summed E-state index contributed by atoms with van der Waals surface area (Å²) in [4.78, 5) is 11.0. The van der Waals surface area contributed by atoms with Crippen LogP contribution in [0.2, 0.25) is 0 Å². The Morgan fingerprint density at radius 3 is 2.50 bits per heavy atom. The molecule has 0 unspecified atom stereocenters. The third-order valence-corrected chi connectivity index (χ3v) is 2.51. The molecule has 0 saturated carbocycles. The molecule has 1 heterocycles. The molecule has 3 nitrogen and oxygen atoms in total. The highest BCUT2D eigenvalue weighted by molar-refractivity contribution is 5.70. The van der Waals surface area contributed by atoms with E-state index in [0.29, 0.717) is 18.8 Å². The van der Waals surface area contributed by atoms with E-state index in [2.05, 4.69) is 11.9 Å². The van der Waals surface area contributed by atoms with Crippen molar-refractivity contribution in [3.8, 4) is 0 Å². The highest BCUT2D eigenvalue weighted by Gasteiger charge is 2.40.